The molecule has 0 aliphatic heterocycles. The number of benzene rings is 1. The molecule has 2 unspecified atom stereocenters. The van der Waals surface area contributed by atoms with Gasteiger partial charge in [-0.2, -0.15) is 0 Å². The lowest BCUT2D eigenvalue weighted by molar-refractivity contribution is 0.0662. The van der Waals surface area contributed by atoms with Gasteiger partial charge in [-0.15, -0.1) is 0 Å². The largest absolute Gasteiger partial charge is 0.393 e. The predicted octanol–water partition coefficient (Wildman–Crippen LogP) is 3.38. The summed E-state index contributed by atoms with van der Waals surface area (Å²) in [5.41, 5.74) is 0.565. The first-order chi connectivity index (χ1) is 9.08. The third-order valence-electron chi connectivity index (χ3n) is 3.57. The molecular weight excluding hydrogens is 330 g/mol. The normalized spacial score (nSPS) is 23.1. The Morgan fingerprint density at radius 2 is 2.16 bits per heavy atom. The van der Waals surface area contributed by atoms with Gasteiger partial charge in [-0.05, 0) is 47.0 Å². The maximum absolute atomic E-state index is 12.1. The highest BCUT2D eigenvalue weighted by Crippen LogP contribution is 2.24. The van der Waals surface area contributed by atoms with Crippen molar-refractivity contribution in [2.75, 3.05) is 6.54 Å². The third-order valence-corrected chi connectivity index (χ3v) is 4.46. The summed E-state index contributed by atoms with van der Waals surface area (Å²) < 4.78 is 0.682. The number of aliphatic hydroxyl groups is 1. The Labute approximate surface area is 126 Å². The van der Waals surface area contributed by atoms with Crippen LogP contribution in [0.1, 0.15) is 36.0 Å². The summed E-state index contributed by atoms with van der Waals surface area (Å²) in [6, 6.07) is 5.08. The molecule has 0 saturated heterocycles. The Bertz CT molecular complexity index is 467. The van der Waals surface area contributed by atoms with Crippen LogP contribution in [-0.4, -0.2) is 23.7 Å². The number of hydrogen-bond donors (Lipinski definition) is 2. The van der Waals surface area contributed by atoms with Crippen LogP contribution < -0.4 is 5.32 Å². The van der Waals surface area contributed by atoms with E-state index in [1.807, 2.05) is 0 Å². The number of aliphatic hydroxyl groups excluding tert-OH is 1. The van der Waals surface area contributed by atoms with E-state index >= 15 is 0 Å². The van der Waals surface area contributed by atoms with Gasteiger partial charge >= 0.3 is 0 Å². The highest BCUT2D eigenvalue weighted by atomic mass is 79.9. The van der Waals surface area contributed by atoms with Crippen LogP contribution in [0.15, 0.2) is 22.7 Å². The number of nitrogens with one attached hydrogen (secondary N) is 1. The van der Waals surface area contributed by atoms with Gasteiger partial charge in [-0.1, -0.05) is 24.4 Å². The Morgan fingerprint density at radius 1 is 1.42 bits per heavy atom. The van der Waals surface area contributed by atoms with Crippen LogP contribution in [0.2, 0.25) is 5.02 Å². The number of carbonyl (C=O) groups excluding carboxylic acids is 1. The maximum Gasteiger partial charge on any atom is 0.252 e. The number of halogens is 2. The molecule has 5 heteroatoms. The monoisotopic (exact) mass is 345 g/mol. The van der Waals surface area contributed by atoms with Gasteiger partial charge in [0.1, 0.15) is 0 Å². The summed E-state index contributed by atoms with van der Waals surface area (Å²) in [6.45, 7) is 0.523. The van der Waals surface area contributed by atoms with E-state index in [1.54, 1.807) is 18.2 Å². The Balaban J connectivity index is 1.93. The first kappa shape index (κ1) is 14.8. The van der Waals surface area contributed by atoms with Gasteiger partial charge in [-0.25, -0.2) is 0 Å². The van der Waals surface area contributed by atoms with Gasteiger partial charge in [0.2, 0.25) is 0 Å². The van der Waals surface area contributed by atoms with Crippen LogP contribution in [0.5, 0.6) is 0 Å². The Hall–Kier alpha value is -0.580. The Kier molecular flexibility index (Phi) is 5.25. The topological polar surface area (TPSA) is 49.3 Å². The van der Waals surface area contributed by atoms with E-state index < -0.39 is 0 Å². The van der Waals surface area contributed by atoms with Crippen molar-refractivity contribution >= 4 is 33.4 Å². The SMILES string of the molecule is O=C(NCC1CCCCC1O)c1ccc(Cl)cc1Br. The van der Waals surface area contributed by atoms with E-state index in [-0.39, 0.29) is 17.9 Å². The van der Waals surface area contributed by atoms with Gasteiger partial charge in [-0.3, -0.25) is 4.79 Å². The van der Waals surface area contributed by atoms with Crippen LogP contribution in [0.4, 0.5) is 0 Å². The molecule has 0 radical (unpaired) electrons. The number of rotatable bonds is 3. The molecule has 0 heterocycles. The summed E-state index contributed by atoms with van der Waals surface area (Å²) in [5, 5.41) is 13.3. The average Bonchev–Trinajstić information content (AvgIpc) is 2.37. The molecule has 1 amide bonds. The molecule has 2 rings (SSSR count). The molecule has 0 aromatic heterocycles. The zero-order valence-electron chi connectivity index (χ0n) is 10.5. The smallest absolute Gasteiger partial charge is 0.252 e. The van der Waals surface area contributed by atoms with E-state index in [1.165, 1.54) is 0 Å². The fourth-order valence-electron chi connectivity index (χ4n) is 2.42. The second kappa shape index (κ2) is 6.73. The summed E-state index contributed by atoms with van der Waals surface area (Å²) in [7, 11) is 0. The lowest BCUT2D eigenvalue weighted by Gasteiger charge is -2.27. The second-order valence-electron chi connectivity index (χ2n) is 4.95. The summed E-state index contributed by atoms with van der Waals surface area (Å²) in [4.78, 5) is 12.1. The molecule has 2 atom stereocenters. The first-order valence-electron chi connectivity index (χ1n) is 6.49. The van der Waals surface area contributed by atoms with Gasteiger partial charge in [0.05, 0.1) is 11.7 Å². The number of amides is 1. The van der Waals surface area contributed by atoms with Crippen LogP contribution in [0.25, 0.3) is 0 Å². The minimum Gasteiger partial charge on any atom is -0.393 e. The Morgan fingerprint density at radius 3 is 2.84 bits per heavy atom. The zero-order chi connectivity index (χ0) is 13.8. The highest BCUT2D eigenvalue weighted by molar-refractivity contribution is 9.10. The van der Waals surface area contributed by atoms with Crippen molar-refractivity contribution in [3.8, 4) is 0 Å². The maximum atomic E-state index is 12.1. The van der Waals surface area contributed by atoms with E-state index in [0.717, 1.165) is 25.7 Å². The van der Waals surface area contributed by atoms with E-state index in [9.17, 15) is 9.90 Å². The predicted molar refractivity (Wildman–Crippen MR) is 79.5 cm³/mol. The summed E-state index contributed by atoms with van der Waals surface area (Å²) >= 11 is 9.18. The number of hydrogen-bond acceptors (Lipinski definition) is 2. The van der Waals surface area contributed by atoms with Crippen molar-refractivity contribution < 1.29 is 9.90 Å². The van der Waals surface area contributed by atoms with Crippen molar-refractivity contribution in [3.05, 3.63) is 33.3 Å². The molecule has 3 nitrogen and oxygen atoms in total. The molecule has 1 fully saturated rings. The van der Waals surface area contributed by atoms with E-state index in [4.69, 9.17) is 11.6 Å². The molecule has 2 N–H and O–H groups in total. The minimum atomic E-state index is -0.289. The molecule has 1 aliphatic carbocycles. The average molecular weight is 347 g/mol. The van der Waals surface area contributed by atoms with Crippen LogP contribution in [0.3, 0.4) is 0 Å². The van der Waals surface area contributed by atoms with E-state index in [2.05, 4.69) is 21.2 Å². The molecular formula is C14H17BrClNO2. The second-order valence-corrected chi connectivity index (χ2v) is 6.24. The van der Waals surface area contributed by atoms with Gasteiger partial charge in [0.15, 0.2) is 0 Å². The van der Waals surface area contributed by atoms with Gasteiger partial charge in [0, 0.05) is 22.0 Å². The van der Waals surface area contributed by atoms with Crippen molar-refractivity contribution in [2.24, 2.45) is 5.92 Å². The fourth-order valence-corrected chi connectivity index (χ4v) is 3.28. The van der Waals surface area contributed by atoms with Gasteiger partial charge < -0.3 is 10.4 Å². The van der Waals surface area contributed by atoms with Crippen LogP contribution >= 0.6 is 27.5 Å². The van der Waals surface area contributed by atoms with Crippen molar-refractivity contribution in [1.29, 1.82) is 0 Å². The van der Waals surface area contributed by atoms with Crippen molar-refractivity contribution in [1.82, 2.24) is 5.32 Å². The van der Waals surface area contributed by atoms with Crippen LogP contribution in [0, 0.1) is 5.92 Å². The summed E-state index contributed by atoms with van der Waals surface area (Å²) in [5.74, 6) is 0.0325. The molecule has 1 aliphatic rings. The third kappa shape index (κ3) is 3.94. The molecule has 104 valence electrons. The first-order valence-corrected chi connectivity index (χ1v) is 7.66. The minimum absolute atomic E-state index is 0.138. The lowest BCUT2D eigenvalue weighted by atomic mass is 9.86. The lowest BCUT2D eigenvalue weighted by Crippen LogP contribution is -2.36. The van der Waals surface area contributed by atoms with Crippen molar-refractivity contribution in [2.45, 2.75) is 31.8 Å². The van der Waals surface area contributed by atoms with Gasteiger partial charge in [0.25, 0.3) is 5.91 Å². The standard InChI is InChI=1S/C14H17BrClNO2/c15-12-7-10(16)5-6-11(12)14(19)17-8-9-3-1-2-4-13(9)18/h5-7,9,13,18H,1-4,8H2,(H,17,19). The molecule has 1 aromatic carbocycles. The molecule has 0 spiro atoms. The van der Waals surface area contributed by atoms with Crippen molar-refractivity contribution in [3.63, 3.8) is 0 Å². The quantitative estimate of drug-likeness (QED) is 0.881. The molecule has 1 saturated carbocycles. The summed E-state index contributed by atoms with van der Waals surface area (Å²) in [6.07, 6.45) is 3.73. The van der Waals surface area contributed by atoms with Crippen LogP contribution in [-0.2, 0) is 0 Å². The van der Waals surface area contributed by atoms with E-state index in [0.29, 0.717) is 21.6 Å². The molecule has 0 bridgehead atoms. The fraction of sp³-hybridized carbons (Fsp3) is 0.500. The zero-order valence-corrected chi connectivity index (χ0v) is 12.9. The number of carbonyl (C=O) groups is 1. The molecule has 1 aromatic rings. The highest BCUT2D eigenvalue weighted by Gasteiger charge is 2.23. The molecule has 19 heavy (non-hydrogen) atoms.